The fourth-order valence-electron chi connectivity index (χ4n) is 2.01. The highest BCUT2D eigenvalue weighted by atomic mass is 32.2. The first-order valence-electron chi connectivity index (χ1n) is 6.26. The van der Waals surface area contributed by atoms with E-state index in [-0.39, 0.29) is 0 Å². The van der Waals surface area contributed by atoms with Crippen molar-refractivity contribution in [2.75, 3.05) is 6.26 Å². The van der Waals surface area contributed by atoms with Crippen LogP contribution in [0.25, 0.3) is 17.1 Å². The molecule has 4 nitrogen and oxygen atoms in total. The van der Waals surface area contributed by atoms with Gasteiger partial charge in [0, 0.05) is 23.6 Å². The van der Waals surface area contributed by atoms with Crippen molar-refractivity contribution in [3.8, 4) is 17.1 Å². The highest BCUT2D eigenvalue weighted by Crippen LogP contribution is 2.26. The summed E-state index contributed by atoms with van der Waals surface area (Å²) in [4.78, 5) is 4.16. The molecule has 5 heteroatoms. The lowest BCUT2D eigenvalue weighted by Gasteiger charge is -2.09. The SMILES string of the molecule is CSc1nnc(-c2cccnc2)n1-c1ccc(C)cc1. The number of rotatable bonds is 3. The summed E-state index contributed by atoms with van der Waals surface area (Å²) >= 11 is 1.58. The zero-order chi connectivity index (χ0) is 13.9. The van der Waals surface area contributed by atoms with Crippen LogP contribution in [-0.4, -0.2) is 26.0 Å². The zero-order valence-corrected chi connectivity index (χ0v) is 12.1. The van der Waals surface area contributed by atoms with Gasteiger partial charge in [0.05, 0.1) is 0 Å². The molecule has 0 fully saturated rings. The lowest BCUT2D eigenvalue weighted by atomic mass is 10.2. The molecule has 0 aliphatic carbocycles. The summed E-state index contributed by atoms with van der Waals surface area (Å²) < 4.78 is 2.06. The van der Waals surface area contributed by atoms with E-state index in [1.807, 2.05) is 18.4 Å². The molecule has 0 N–H and O–H groups in total. The second-order valence-corrected chi connectivity index (χ2v) is 5.20. The number of aryl methyl sites for hydroxylation is 1. The third-order valence-corrected chi connectivity index (χ3v) is 3.66. The summed E-state index contributed by atoms with van der Waals surface area (Å²) in [5.74, 6) is 0.811. The molecule has 3 aromatic rings. The van der Waals surface area contributed by atoms with Gasteiger partial charge in [0.15, 0.2) is 11.0 Å². The zero-order valence-electron chi connectivity index (χ0n) is 11.3. The molecule has 100 valence electrons. The number of aromatic nitrogens is 4. The molecule has 2 aromatic heterocycles. The number of benzene rings is 1. The summed E-state index contributed by atoms with van der Waals surface area (Å²) in [6, 6.07) is 12.2. The second kappa shape index (κ2) is 5.46. The maximum absolute atomic E-state index is 4.31. The molecule has 0 spiro atoms. The number of hydrogen-bond acceptors (Lipinski definition) is 4. The Balaban J connectivity index is 2.18. The van der Waals surface area contributed by atoms with Crippen LogP contribution in [0.4, 0.5) is 0 Å². The summed E-state index contributed by atoms with van der Waals surface area (Å²) in [7, 11) is 0. The first-order chi connectivity index (χ1) is 9.79. The van der Waals surface area contributed by atoms with E-state index < -0.39 is 0 Å². The predicted molar refractivity (Wildman–Crippen MR) is 81.1 cm³/mol. The van der Waals surface area contributed by atoms with Gasteiger partial charge in [-0.25, -0.2) is 0 Å². The van der Waals surface area contributed by atoms with Crippen LogP contribution in [-0.2, 0) is 0 Å². The Hall–Kier alpha value is -2.14. The maximum atomic E-state index is 4.31. The number of pyridine rings is 1. The Kier molecular flexibility index (Phi) is 3.52. The second-order valence-electron chi connectivity index (χ2n) is 4.42. The smallest absolute Gasteiger partial charge is 0.195 e. The van der Waals surface area contributed by atoms with Crippen LogP contribution in [0.5, 0.6) is 0 Å². The van der Waals surface area contributed by atoms with Crippen molar-refractivity contribution in [3.63, 3.8) is 0 Å². The van der Waals surface area contributed by atoms with Gasteiger partial charge in [-0.2, -0.15) is 0 Å². The minimum Gasteiger partial charge on any atom is -0.270 e. The quantitative estimate of drug-likeness (QED) is 0.691. The van der Waals surface area contributed by atoms with Crippen molar-refractivity contribution in [2.45, 2.75) is 12.1 Å². The van der Waals surface area contributed by atoms with Crippen molar-refractivity contribution in [1.29, 1.82) is 0 Å². The van der Waals surface area contributed by atoms with Crippen molar-refractivity contribution < 1.29 is 0 Å². The van der Waals surface area contributed by atoms with Gasteiger partial charge in [-0.15, -0.1) is 10.2 Å². The Bertz CT molecular complexity index is 704. The van der Waals surface area contributed by atoms with E-state index in [1.165, 1.54) is 5.56 Å². The Labute approximate surface area is 121 Å². The van der Waals surface area contributed by atoms with E-state index >= 15 is 0 Å². The van der Waals surface area contributed by atoms with Crippen molar-refractivity contribution >= 4 is 11.8 Å². The van der Waals surface area contributed by atoms with E-state index in [1.54, 1.807) is 24.2 Å². The third kappa shape index (κ3) is 2.32. The molecule has 0 radical (unpaired) electrons. The van der Waals surface area contributed by atoms with E-state index in [0.29, 0.717) is 0 Å². The summed E-state index contributed by atoms with van der Waals surface area (Å²) in [5.41, 5.74) is 3.25. The minimum absolute atomic E-state index is 0.811. The van der Waals surface area contributed by atoms with Gasteiger partial charge in [-0.05, 0) is 37.4 Å². The van der Waals surface area contributed by atoms with Gasteiger partial charge in [0.25, 0.3) is 0 Å². The van der Waals surface area contributed by atoms with E-state index in [9.17, 15) is 0 Å². The van der Waals surface area contributed by atoms with Gasteiger partial charge >= 0.3 is 0 Å². The minimum atomic E-state index is 0.811. The fraction of sp³-hybridized carbons (Fsp3) is 0.133. The van der Waals surface area contributed by atoms with Crippen LogP contribution in [0.2, 0.25) is 0 Å². The monoisotopic (exact) mass is 282 g/mol. The molecule has 0 aliphatic heterocycles. The topological polar surface area (TPSA) is 43.6 Å². The number of thioether (sulfide) groups is 1. The first kappa shape index (κ1) is 12.9. The summed E-state index contributed by atoms with van der Waals surface area (Å²) in [6.45, 7) is 2.08. The molecular weight excluding hydrogens is 268 g/mol. The number of hydrogen-bond donors (Lipinski definition) is 0. The highest BCUT2D eigenvalue weighted by molar-refractivity contribution is 7.98. The average molecular weight is 282 g/mol. The fourth-order valence-corrected chi connectivity index (χ4v) is 2.51. The predicted octanol–water partition coefficient (Wildman–Crippen LogP) is 3.36. The highest BCUT2D eigenvalue weighted by Gasteiger charge is 2.14. The molecule has 0 atom stereocenters. The van der Waals surface area contributed by atoms with E-state index in [2.05, 4.69) is 50.9 Å². The Morgan fingerprint density at radius 2 is 1.85 bits per heavy atom. The van der Waals surface area contributed by atoms with Crippen LogP contribution in [0.3, 0.4) is 0 Å². The average Bonchev–Trinajstić information content (AvgIpc) is 2.93. The molecule has 2 heterocycles. The van der Waals surface area contributed by atoms with Crippen molar-refractivity contribution in [3.05, 3.63) is 54.4 Å². The van der Waals surface area contributed by atoms with Gasteiger partial charge in [0.2, 0.25) is 0 Å². The van der Waals surface area contributed by atoms with E-state index in [0.717, 1.165) is 22.2 Å². The third-order valence-electron chi connectivity index (χ3n) is 3.03. The molecule has 20 heavy (non-hydrogen) atoms. The molecule has 1 aromatic carbocycles. The normalized spacial score (nSPS) is 10.7. The van der Waals surface area contributed by atoms with Crippen LogP contribution < -0.4 is 0 Å². The van der Waals surface area contributed by atoms with Crippen LogP contribution in [0.15, 0.2) is 53.9 Å². The number of nitrogens with zero attached hydrogens (tertiary/aromatic N) is 4. The molecule has 0 amide bonds. The molecule has 0 unspecified atom stereocenters. The van der Waals surface area contributed by atoms with Gasteiger partial charge in [-0.3, -0.25) is 9.55 Å². The van der Waals surface area contributed by atoms with Gasteiger partial charge in [-0.1, -0.05) is 29.5 Å². The Morgan fingerprint density at radius 3 is 2.50 bits per heavy atom. The standard InChI is InChI=1S/C15H14N4S/c1-11-5-7-13(8-6-11)19-14(17-18-15(19)20-2)12-4-3-9-16-10-12/h3-10H,1-2H3. The lowest BCUT2D eigenvalue weighted by molar-refractivity contribution is 0.888. The summed E-state index contributed by atoms with van der Waals surface area (Å²) in [6.07, 6.45) is 5.56. The molecule has 0 saturated carbocycles. The lowest BCUT2D eigenvalue weighted by Crippen LogP contribution is -1.99. The van der Waals surface area contributed by atoms with Gasteiger partial charge in [0.1, 0.15) is 0 Å². The molecular formula is C15H14N4S. The van der Waals surface area contributed by atoms with E-state index in [4.69, 9.17) is 0 Å². The Morgan fingerprint density at radius 1 is 1.05 bits per heavy atom. The van der Waals surface area contributed by atoms with Crippen molar-refractivity contribution in [1.82, 2.24) is 19.7 Å². The van der Waals surface area contributed by atoms with Crippen LogP contribution in [0.1, 0.15) is 5.56 Å². The molecule has 0 aliphatic rings. The molecule has 3 rings (SSSR count). The van der Waals surface area contributed by atoms with Crippen LogP contribution in [0, 0.1) is 6.92 Å². The van der Waals surface area contributed by atoms with Crippen molar-refractivity contribution in [2.24, 2.45) is 0 Å². The largest absolute Gasteiger partial charge is 0.270 e. The maximum Gasteiger partial charge on any atom is 0.195 e. The summed E-state index contributed by atoms with van der Waals surface area (Å²) in [5, 5.41) is 9.43. The molecule has 0 bridgehead atoms. The van der Waals surface area contributed by atoms with Crippen LogP contribution >= 0.6 is 11.8 Å². The molecule has 0 saturated heterocycles. The first-order valence-corrected chi connectivity index (χ1v) is 7.49. The van der Waals surface area contributed by atoms with Gasteiger partial charge < -0.3 is 0 Å².